The summed E-state index contributed by atoms with van der Waals surface area (Å²) in [5.74, 6) is 1.36. The zero-order valence-corrected chi connectivity index (χ0v) is 8.71. The Balaban J connectivity index is 1.86. The van der Waals surface area contributed by atoms with Gasteiger partial charge in [0.25, 0.3) is 0 Å². The Morgan fingerprint density at radius 3 is 2.85 bits per heavy atom. The maximum atomic E-state index is 5.79. The van der Waals surface area contributed by atoms with Gasteiger partial charge in [0.15, 0.2) is 5.79 Å². The van der Waals surface area contributed by atoms with Gasteiger partial charge in [0.2, 0.25) is 0 Å². The van der Waals surface area contributed by atoms with E-state index < -0.39 is 0 Å². The lowest BCUT2D eigenvalue weighted by Crippen LogP contribution is -2.25. The lowest BCUT2D eigenvalue weighted by atomic mass is 9.93. The van der Waals surface area contributed by atoms with Crippen molar-refractivity contribution >= 4 is 0 Å². The molecule has 0 aromatic rings. The average Bonchev–Trinajstić information content (AvgIpc) is 2.63. The van der Waals surface area contributed by atoms with Crippen LogP contribution in [0.15, 0.2) is 0 Å². The summed E-state index contributed by atoms with van der Waals surface area (Å²) in [6, 6.07) is 0. The molecule has 1 spiro atoms. The van der Waals surface area contributed by atoms with E-state index in [9.17, 15) is 0 Å². The summed E-state index contributed by atoms with van der Waals surface area (Å²) < 4.78 is 11.5. The third-order valence-corrected chi connectivity index (χ3v) is 3.05. The second-order valence-corrected chi connectivity index (χ2v) is 4.87. The molecule has 0 aliphatic carbocycles. The molecule has 2 atom stereocenters. The number of hydrogen-bond acceptors (Lipinski definition) is 2. The Morgan fingerprint density at radius 1 is 1.38 bits per heavy atom. The van der Waals surface area contributed by atoms with E-state index in [1.807, 2.05) is 0 Å². The first kappa shape index (κ1) is 9.47. The van der Waals surface area contributed by atoms with E-state index >= 15 is 0 Å². The van der Waals surface area contributed by atoms with E-state index in [1.165, 1.54) is 12.8 Å². The summed E-state index contributed by atoms with van der Waals surface area (Å²) in [5, 5.41) is 0. The maximum absolute atomic E-state index is 5.79. The number of hydrogen-bond donors (Lipinski definition) is 0. The largest absolute Gasteiger partial charge is 0.350 e. The van der Waals surface area contributed by atoms with E-state index in [1.54, 1.807) is 0 Å². The van der Waals surface area contributed by atoms with Gasteiger partial charge in [-0.1, -0.05) is 13.8 Å². The van der Waals surface area contributed by atoms with Crippen LogP contribution in [0.25, 0.3) is 0 Å². The topological polar surface area (TPSA) is 18.5 Å². The summed E-state index contributed by atoms with van der Waals surface area (Å²) in [4.78, 5) is 0. The second-order valence-electron chi connectivity index (χ2n) is 4.87. The number of rotatable bonds is 2. The van der Waals surface area contributed by atoms with Crippen LogP contribution in [-0.4, -0.2) is 19.0 Å². The monoisotopic (exact) mass is 184 g/mol. The van der Waals surface area contributed by atoms with Gasteiger partial charge in [0.05, 0.1) is 13.2 Å². The molecule has 2 aliphatic heterocycles. The van der Waals surface area contributed by atoms with E-state index in [4.69, 9.17) is 9.47 Å². The molecule has 0 saturated carbocycles. The summed E-state index contributed by atoms with van der Waals surface area (Å²) >= 11 is 0. The molecule has 0 N–H and O–H groups in total. The van der Waals surface area contributed by atoms with Crippen molar-refractivity contribution in [2.75, 3.05) is 13.2 Å². The second kappa shape index (κ2) is 3.58. The molecule has 2 unspecified atom stereocenters. The van der Waals surface area contributed by atoms with Gasteiger partial charge in [-0.2, -0.15) is 0 Å². The minimum Gasteiger partial charge on any atom is -0.350 e. The zero-order chi connectivity index (χ0) is 9.31. The van der Waals surface area contributed by atoms with Gasteiger partial charge < -0.3 is 9.47 Å². The summed E-state index contributed by atoms with van der Waals surface area (Å²) in [5.41, 5.74) is 0. The molecule has 2 rings (SSSR count). The lowest BCUT2D eigenvalue weighted by molar-refractivity contribution is -0.178. The first-order chi connectivity index (χ1) is 6.20. The van der Waals surface area contributed by atoms with Gasteiger partial charge in [0.1, 0.15) is 0 Å². The zero-order valence-electron chi connectivity index (χ0n) is 8.71. The Hall–Kier alpha value is -0.0800. The van der Waals surface area contributed by atoms with Crippen LogP contribution in [0, 0.1) is 11.8 Å². The van der Waals surface area contributed by atoms with Crippen LogP contribution in [0.1, 0.15) is 39.5 Å². The fourth-order valence-corrected chi connectivity index (χ4v) is 2.59. The molecule has 2 fully saturated rings. The van der Waals surface area contributed by atoms with Crippen LogP contribution < -0.4 is 0 Å². The molecule has 2 heteroatoms. The predicted molar refractivity (Wildman–Crippen MR) is 51.4 cm³/mol. The smallest absolute Gasteiger partial charge is 0.168 e. The lowest BCUT2D eigenvalue weighted by Gasteiger charge is -2.21. The number of ether oxygens (including phenoxy) is 2. The van der Waals surface area contributed by atoms with Gasteiger partial charge in [-0.25, -0.2) is 0 Å². The molecule has 13 heavy (non-hydrogen) atoms. The Morgan fingerprint density at radius 2 is 2.23 bits per heavy atom. The van der Waals surface area contributed by atoms with E-state index in [0.29, 0.717) is 0 Å². The normalized spacial score (nSPS) is 39.5. The molecule has 0 bridgehead atoms. The third-order valence-electron chi connectivity index (χ3n) is 3.05. The van der Waals surface area contributed by atoms with Crippen molar-refractivity contribution in [3.8, 4) is 0 Å². The Labute approximate surface area is 80.6 Å². The van der Waals surface area contributed by atoms with Crippen molar-refractivity contribution in [1.29, 1.82) is 0 Å². The molecule has 0 radical (unpaired) electrons. The SMILES string of the molecule is CC(C)CC1COC2(CCCO2)C1. The molecular weight excluding hydrogens is 164 g/mol. The molecule has 2 saturated heterocycles. The van der Waals surface area contributed by atoms with Crippen molar-refractivity contribution in [1.82, 2.24) is 0 Å². The minimum atomic E-state index is -0.153. The molecule has 0 aromatic heterocycles. The van der Waals surface area contributed by atoms with Crippen LogP contribution in [0.3, 0.4) is 0 Å². The van der Waals surface area contributed by atoms with Crippen LogP contribution in [0.2, 0.25) is 0 Å². The maximum Gasteiger partial charge on any atom is 0.168 e. The molecule has 0 aromatic carbocycles. The van der Waals surface area contributed by atoms with Gasteiger partial charge in [-0.3, -0.25) is 0 Å². The van der Waals surface area contributed by atoms with Gasteiger partial charge in [-0.05, 0) is 24.7 Å². The van der Waals surface area contributed by atoms with Gasteiger partial charge in [-0.15, -0.1) is 0 Å². The van der Waals surface area contributed by atoms with Crippen molar-refractivity contribution in [3.63, 3.8) is 0 Å². The highest BCUT2D eigenvalue weighted by atomic mass is 16.7. The quantitative estimate of drug-likeness (QED) is 0.656. The van der Waals surface area contributed by atoms with Crippen molar-refractivity contribution in [3.05, 3.63) is 0 Å². The molecule has 0 amide bonds. The fourth-order valence-electron chi connectivity index (χ4n) is 2.59. The van der Waals surface area contributed by atoms with Crippen LogP contribution >= 0.6 is 0 Å². The fraction of sp³-hybridized carbons (Fsp3) is 1.00. The summed E-state index contributed by atoms with van der Waals surface area (Å²) in [6.07, 6.45) is 4.70. The summed E-state index contributed by atoms with van der Waals surface area (Å²) in [6.45, 7) is 6.37. The van der Waals surface area contributed by atoms with Crippen LogP contribution in [-0.2, 0) is 9.47 Å². The minimum absolute atomic E-state index is 0.153. The molecule has 2 nitrogen and oxygen atoms in total. The van der Waals surface area contributed by atoms with Gasteiger partial charge >= 0.3 is 0 Å². The first-order valence-electron chi connectivity index (χ1n) is 5.48. The van der Waals surface area contributed by atoms with E-state index in [0.717, 1.165) is 37.9 Å². The van der Waals surface area contributed by atoms with E-state index in [-0.39, 0.29) is 5.79 Å². The molecule has 2 aliphatic rings. The predicted octanol–water partition coefficient (Wildman–Crippen LogP) is 2.58. The molecule has 76 valence electrons. The van der Waals surface area contributed by atoms with Gasteiger partial charge in [0, 0.05) is 12.8 Å². The Bertz CT molecular complexity index is 171. The summed E-state index contributed by atoms with van der Waals surface area (Å²) in [7, 11) is 0. The highest BCUT2D eigenvalue weighted by Gasteiger charge is 2.43. The highest BCUT2D eigenvalue weighted by molar-refractivity contribution is 4.84. The first-order valence-corrected chi connectivity index (χ1v) is 5.48. The highest BCUT2D eigenvalue weighted by Crippen LogP contribution is 2.40. The van der Waals surface area contributed by atoms with Crippen molar-refractivity contribution in [2.24, 2.45) is 11.8 Å². The Kier molecular flexibility index (Phi) is 2.61. The molecule has 2 heterocycles. The van der Waals surface area contributed by atoms with Crippen molar-refractivity contribution in [2.45, 2.75) is 45.3 Å². The van der Waals surface area contributed by atoms with Crippen LogP contribution in [0.5, 0.6) is 0 Å². The average molecular weight is 184 g/mol. The van der Waals surface area contributed by atoms with Crippen LogP contribution in [0.4, 0.5) is 0 Å². The van der Waals surface area contributed by atoms with E-state index in [2.05, 4.69) is 13.8 Å². The third kappa shape index (κ3) is 2.05. The van der Waals surface area contributed by atoms with Crippen molar-refractivity contribution < 1.29 is 9.47 Å². The molecular formula is C11H20O2. The standard InChI is InChI=1S/C11H20O2/c1-9(2)6-10-7-11(13-8-10)4-3-5-12-11/h9-10H,3-8H2,1-2H3.